The molecule has 2 aliphatic rings. The second kappa shape index (κ2) is 10.2. The number of methoxy groups -OCH3 is 1. The number of carbonyl (C=O) groups is 1. The first-order valence-electron chi connectivity index (χ1n) is 12.1. The summed E-state index contributed by atoms with van der Waals surface area (Å²) in [5.41, 5.74) is 3.90. The maximum Gasteiger partial charge on any atom is 0.293 e. The van der Waals surface area contributed by atoms with Crippen molar-refractivity contribution in [1.82, 2.24) is 9.88 Å². The molecule has 1 N–H and O–H groups in total. The Morgan fingerprint density at radius 2 is 2.00 bits per heavy atom. The van der Waals surface area contributed by atoms with Crippen molar-refractivity contribution in [3.8, 4) is 11.5 Å². The summed E-state index contributed by atoms with van der Waals surface area (Å²) in [4.78, 5) is 18.6. The number of anilines is 1. The van der Waals surface area contributed by atoms with Gasteiger partial charge in [-0.1, -0.05) is 20.8 Å². The molecule has 0 spiro atoms. The lowest BCUT2D eigenvalue weighted by Crippen LogP contribution is -2.22. The van der Waals surface area contributed by atoms with Gasteiger partial charge in [-0.05, 0) is 56.7 Å². The second-order valence-corrected chi connectivity index (χ2v) is 10.3. The van der Waals surface area contributed by atoms with Crippen LogP contribution in [0.3, 0.4) is 0 Å². The Bertz CT molecular complexity index is 980. The molecule has 180 valence electrons. The number of aryl methyl sites for hydroxylation is 1. The number of fused-ring (bicyclic) bond motifs is 2. The summed E-state index contributed by atoms with van der Waals surface area (Å²) in [6, 6.07) is 3.99. The van der Waals surface area contributed by atoms with Crippen molar-refractivity contribution in [2.45, 2.75) is 59.0 Å². The highest BCUT2D eigenvalue weighted by atomic mass is 16.5. The molecular formula is C26H37N3O4. The van der Waals surface area contributed by atoms with Gasteiger partial charge in [-0.2, -0.15) is 0 Å². The second-order valence-electron chi connectivity index (χ2n) is 10.3. The van der Waals surface area contributed by atoms with E-state index in [0.29, 0.717) is 18.8 Å². The molecule has 1 aliphatic carbocycles. The number of carbonyl (C=O) groups excluding carboxylic acids is 1. The molecule has 0 saturated carbocycles. The predicted molar refractivity (Wildman–Crippen MR) is 130 cm³/mol. The minimum Gasteiger partial charge on any atom is -0.493 e. The zero-order valence-corrected chi connectivity index (χ0v) is 20.4. The smallest absolute Gasteiger partial charge is 0.293 e. The van der Waals surface area contributed by atoms with Crippen LogP contribution in [0.4, 0.5) is 5.69 Å². The highest BCUT2D eigenvalue weighted by Crippen LogP contribution is 2.44. The molecule has 0 radical (unpaired) electrons. The van der Waals surface area contributed by atoms with Crippen molar-refractivity contribution in [2.24, 2.45) is 5.41 Å². The van der Waals surface area contributed by atoms with Gasteiger partial charge in [-0.15, -0.1) is 0 Å². The van der Waals surface area contributed by atoms with Crippen LogP contribution in [0.15, 0.2) is 12.1 Å². The topological polar surface area (TPSA) is 72.9 Å². The van der Waals surface area contributed by atoms with E-state index in [0.717, 1.165) is 65.9 Å². The maximum atomic E-state index is 11.1. The quantitative estimate of drug-likeness (QED) is 0.410. The van der Waals surface area contributed by atoms with Crippen molar-refractivity contribution in [3.63, 3.8) is 0 Å². The van der Waals surface area contributed by atoms with Gasteiger partial charge >= 0.3 is 0 Å². The number of benzene rings is 1. The molecule has 1 saturated heterocycles. The molecule has 1 aromatic heterocycles. The Hall–Kier alpha value is -2.54. The van der Waals surface area contributed by atoms with E-state index >= 15 is 0 Å². The normalized spacial score (nSPS) is 18.4. The number of hydrogen-bond acceptors (Lipinski definition) is 7. The van der Waals surface area contributed by atoms with Crippen molar-refractivity contribution >= 4 is 23.1 Å². The third-order valence-electron chi connectivity index (χ3n) is 6.44. The average molecular weight is 456 g/mol. The fourth-order valence-electron chi connectivity index (χ4n) is 4.78. The van der Waals surface area contributed by atoms with Crippen molar-refractivity contribution < 1.29 is 19.0 Å². The molecule has 1 unspecified atom stereocenters. The number of rotatable bonds is 10. The van der Waals surface area contributed by atoms with Crippen molar-refractivity contribution in [1.29, 1.82) is 0 Å². The summed E-state index contributed by atoms with van der Waals surface area (Å²) >= 11 is 0. The molecule has 33 heavy (non-hydrogen) atoms. The van der Waals surface area contributed by atoms with Crippen LogP contribution in [0.2, 0.25) is 0 Å². The van der Waals surface area contributed by atoms with Gasteiger partial charge in [0.2, 0.25) is 0 Å². The third-order valence-corrected chi connectivity index (χ3v) is 6.44. The van der Waals surface area contributed by atoms with Crippen LogP contribution >= 0.6 is 0 Å². The van der Waals surface area contributed by atoms with E-state index < -0.39 is 0 Å². The first-order valence-corrected chi connectivity index (χ1v) is 12.1. The largest absolute Gasteiger partial charge is 0.493 e. The van der Waals surface area contributed by atoms with E-state index in [-0.39, 0.29) is 11.5 Å². The number of likely N-dealkylation sites (tertiary alicyclic amines) is 1. The number of pyridine rings is 1. The van der Waals surface area contributed by atoms with Gasteiger partial charge in [0.05, 0.1) is 30.6 Å². The predicted octanol–water partition coefficient (Wildman–Crippen LogP) is 4.73. The highest BCUT2D eigenvalue weighted by molar-refractivity contribution is 5.96. The molecule has 0 bridgehead atoms. The Morgan fingerprint density at radius 1 is 1.21 bits per heavy atom. The highest BCUT2D eigenvalue weighted by Gasteiger charge is 2.31. The van der Waals surface area contributed by atoms with Crippen molar-refractivity contribution in [3.05, 3.63) is 23.4 Å². The molecule has 0 amide bonds. The Morgan fingerprint density at radius 3 is 2.70 bits per heavy atom. The number of hydrogen-bond donors (Lipinski definition) is 1. The van der Waals surface area contributed by atoms with Gasteiger partial charge in [0.1, 0.15) is 6.10 Å². The lowest BCUT2D eigenvalue weighted by atomic mass is 9.96. The van der Waals surface area contributed by atoms with Gasteiger partial charge in [0.15, 0.2) is 11.5 Å². The van der Waals surface area contributed by atoms with Crippen LogP contribution in [0, 0.1) is 5.41 Å². The van der Waals surface area contributed by atoms with Gasteiger partial charge in [0.25, 0.3) is 6.47 Å². The molecule has 4 rings (SSSR count). The summed E-state index contributed by atoms with van der Waals surface area (Å²) in [5.74, 6) is 1.41. The SMILES string of the molecule is COc1cc2c(NCC(C)(C)C)c3c(nc2cc1OCCCN1CCCC1)CCC3OC=O. The lowest BCUT2D eigenvalue weighted by molar-refractivity contribution is -0.133. The minimum absolute atomic E-state index is 0.0879. The number of nitrogens with zero attached hydrogens (tertiary/aromatic N) is 2. The van der Waals surface area contributed by atoms with E-state index in [1.54, 1.807) is 7.11 Å². The molecule has 1 atom stereocenters. The molecule has 7 nitrogen and oxygen atoms in total. The van der Waals surface area contributed by atoms with E-state index in [4.69, 9.17) is 19.2 Å². The summed E-state index contributed by atoms with van der Waals surface area (Å²) in [5, 5.41) is 4.59. The van der Waals surface area contributed by atoms with Gasteiger partial charge < -0.3 is 24.4 Å². The van der Waals surface area contributed by atoms with Crippen LogP contribution in [0.25, 0.3) is 10.9 Å². The summed E-state index contributed by atoms with van der Waals surface area (Å²) < 4.78 is 17.3. The minimum atomic E-state index is -0.274. The number of aromatic nitrogens is 1. The monoisotopic (exact) mass is 455 g/mol. The van der Waals surface area contributed by atoms with Gasteiger partial charge in [-0.3, -0.25) is 9.78 Å². The fourth-order valence-corrected chi connectivity index (χ4v) is 4.78. The third kappa shape index (κ3) is 5.52. The standard InChI is InChI=1S/C26H37N3O4/c1-26(2,3)16-27-25-18-14-22(31-4)23(32-13-7-12-29-10-5-6-11-29)15-20(18)28-19-8-9-21(24(19)25)33-17-30/h14-15,17,21H,5-13,16H2,1-4H3,(H,27,28). The first-order chi connectivity index (χ1) is 15.9. The van der Waals surface area contributed by atoms with E-state index in [9.17, 15) is 4.79 Å². The molecule has 1 fully saturated rings. The Kier molecular flexibility index (Phi) is 7.27. The van der Waals surface area contributed by atoms with E-state index in [1.807, 2.05) is 12.1 Å². The van der Waals surface area contributed by atoms with E-state index in [1.165, 1.54) is 25.9 Å². The zero-order chi connectivity index (χ0) is 23.4. The molecular weight excluding hydrogens is 418 g/mol. The summed E-state index contributed by atoms with van der Waals surface area (Å²) in [6.45, 7) is 12.0. The first kappa shape index (κ1) is 23.6. The number of nitrogens with one attached hydrogen (secondary N) is 1. The van der Waals surface area contributed by atoms with E-state index in [2.05, 4.69) is 31.0 Å². The molecule has 2 heterocycles. The van der Waals surface area contributed by atoms with Crippen LogP contribution in [0.1, 0.15) is 63.8 Å². The zero-order valence-electron chi connectivity index (χ0n) is 20.4. The maximum absolute atomic E-state index is 11.1. The lowest BCUT2D eigenvalue weighted by Gasteiger charge is -2.24. The average Bonchev–Trinajstić information content (AvgIpc) is 3.43. The van der Waals surface area contributed by atoms with Crippen LogP contribution in [0.5, 0.6) is 11.5 Å². The van der Waals surface area contributed by atoms with Crippen molar-refractivity contribution in [2.75, 3.05) is 45.2 Å². The molecule has 1 aliphatic heterocycles. The summed E-state index contributed by atoms with van der Waals surface area (Å²) in [6.07, 6.45) is 4.86. The molecule has 7 heteroatoms. The van der Waals surface area contributed by atoms with Crippen LogP contribution < -0.4 is 14.8 Å². The Balaban J connectivity index is 1.64. The molecule has 1 aromatic carbocycles. The summed E-state index contributed by atoms with van der Waals surface area (Å²) in [7, 11) is 1.67. The fraction of sp³-hybridized carbons (Fsp3) is 0.615. The van der Waals surface area contributed by atoms with Gasteiger partial charge in [0, 0.05) is 30.1 Å². The Labute approximate surface area is 196 Å². The number of ether oxygens (including phenoxy) is 3. The van der Waals surface area contributed by atoms with Crippen LogP contribution in [-0.2, 0) is 16.0 Å². The van der Waals surface area contributed by atoms with Gasteiger partial charge in [-0.25, -0.2) is 0 Å². The van der Waals surface area contributed by atoms with Crippen LogP contribution in [-0.4, -0.2) is 56.3 Å². The molecule has 2 aromatic rings.